The summed E-state index contributed by atoms with van der Waals surface area (Å²) in [5, 5.41) is 19.2. The smallest absolute Gasteiger partial charge is 0.307 e. The summed E-state index contributed by atoms with van der Waals surface area (Å²) >= 11 is 0. The van der Waals surface area contributed by atoms with Crippen LogP contribution < -0.4 is 0 Å². The molecule has 1 saturated heterocycles. The van der Waals surface area contributed by atoms with Gasteiger partial charge in [-0.3, -0.25) is 4.79 Å². The average Bonchev–Trinajstić information content (AvgIpc) is 2.39. The van der Waals surface area contributed by atoms with Crippen molar-refractivity contribution >= 4 is 5.97 Å². The van der Waals surface area contributed by atoms with Crippen LogP contribution in [0.3, 0.4) is 0 Å². The van der Waals surface area contributed by atoms with E-state index in [1.165, 1.54) is 0 Å². The Hall–Kier alpha value is -1.55. The van der Waals surface area contributed by atoms with Gasteiger partial charge in [-0.25, -0.2) is 0 Å². The Morgan fingerprint density at radius 1 is 1.32 bits per heavy atom. The number of ether oxygens (including phenoxy) is 1. The number of phenols is 1. The first-order valence-corrected chi connectivity index (χ1v) is 6.76. The van der Waals surface area contributed by atoms with E-state index in [4.69, 9.17) is 4.74 Å². The van der Waals surface area contributed by atoms with Crippen molar-refractivity contribution in [3.8, 4) is 5.75 Å². The molecule has 4 nitrogen and oxygen atoms in total. The Balaban J connectivity index is 2.12. The molecule has 102 valence electrons. The molecular formula is C15H18O4. The molecule has 2 N–H and O–H groups in total. The fourth-order valence-corrected chi connectivity index (χ4v) is 3.75. The summed E-state index contributed by atoms with van der Waals surface area (Å²) in [6.45, 7) is 1.23. The lowest BCUT2D eigenvalue weighted by molar-refractivity contribution is -0.147. The van der Waals surface area contributed by atoms with Crippen molar-refractivity contribution in [2.24, 2.45) is 5.92 Å². The third-order valence-electron chi connectivity index (χ3n) is 4.68. The van der Waals surface area contributed by atoms with E-state index in [0.717, 1.165) is 30.4 Å². The molecule has 0 amide bonds. The minimum atomic E-state index is -0.708. The standard InChI is InChI=1S/C15H18O4/c16-11-2-4-12-10(9-11)1-3-13(14(17)18)15(12)5-7-19-8-6-15/h2,4,9,13,16H,1,3,5-8H2,(H,17,18). The molecule has 1 aromatic carbocycles. The van der Waals surface area contributed by atoms with Gasteiger partial charge in [-0.2, -0.15) is 0 Å². The number of benzene rings is 1. The number of rotatable bonds is 1. The van der Waals surface area contributed by atoms with Crippen LogP contribution in [0.2, 0.25) is 0 Å². The molecule has 1 unspecified atom stereocenters. The highest BCUT2D eigenvalue weighted by Gasteiger charge is 2.48. The molecule has 0 saturated carbocycles. The zero-order valence-corrected chi connectivity index (χ0v) is 10.8. The fourth-order valence-electron chi connectivity index (χ4n) is 3.75. The Morgan fingerprint density at radius 3 is 2.74 bits per heavy atom. The molecule has 1 spiro atoms. The molecular weight excluding hydrogens is 244 g/mol. The number of fused-ring (bicyclic) bond motifs is 2. The first-order chi connectivity index (χ1) is 9.13. The predicted molar refractivity (Wildman–Crippen MR) is 69.3 cm³/mol. The van der Waals surface area contributed by atoms with E-state index in [-0.39, 0.29) is 17.1 Å². The fraction of sp³-hybridized carbons (Fsp3) is 0.533. The third kappa shape index (κ3) is 1.91. The summed E-state index contributed by atoms with van der Waals surface area (Å²) in [6, 6.07) is 5.36. The Bertz CT molecular complexity index is 503. The summed E-state index contributed by atoms with van der Waals surface area (Å²) in [7, 11) is 0. The number of hydrogen-bond acceptors (Lipinski definition) is 3. The number of phenolic OH excluding ortho intramolecular Hbond substituents is 1. The quantitative estimate of drug-likeness (QED) is 0.813. The van der Waals surface area contributed by atoms with Gasteiger partial charge in [-0.05, 0) is 48.9 Å². The van der Waals surface area contributed by atoms with Gasteiger partial charge in [0.05, 0.1) is 5.92 Å². The second kappa shape index (κ2) is 4.53. The van der Waals surface area contributed by atoms with Gasteiger partial charge in [0.25, 0.3) is 0 Å². The van der Waals surface area contributed by atoms with Crippen LogP contribution in [-0.2, 0) is 21.4 Å². The van der Waals surface area contributed by atoms with Crippen molar-refractivity contribution < 1.29 is 19.7 Å². The first-order valence-electron chi connectivity index (χ1n) is 6.76. The van der Waals surface area contributed by atoms with E-state index in [2.05, 4.69) is 0 Å². The number of aryl methyl sites for hydroxylation is 1. The van der Waals surface area contributed by atoms with Gasteiger partial charge < -0.3 is 14.9 Å². The molecule has 1 aliphatic heterocycles. The number of aromatic hydroxyl groups is 1. The number of carboxylic acids is 1. The lowest BCUT2D eigenvalue weighted by Crippen LogP contribution is -2.47. The number of carboxylic acid groups (broad SMARTS) is 1. The van der Waals surface area contributed by atoms with E-state index in [1.807, 2.05) is 6.07 Å². The zero-order valence-electron chi connectivity index (χ0n) is 10.8. The van der Waals surface area contributed by atoms with Crippen LogP contribution in [0.1, 0.15) is 30.4 Å². The minimum absolute atomic E-state index is 0.259. The molecule has 4 heteroatoms. The van der Waals surface area contributed by atoms with E-state index >= 15 is 0 Å². The number of aliphatic carboxylic acids is 1. The van der Waals surface area contributed by atoms with Crippen molar-refractivity contribution in [3.63, 3.8) is 0 Å². The van der Waals surface area contributed by atoms with Crippen molar-refractivity contribution in [2.45, 2.75) is 31.1 Å². The van der Waals surface area contributed by atoms with Gasteiger partial charge in [0.1, 0.15) is 5.75 Å². The van der Waals surface area contributed by atoms with E-state index in [9.17, 15) is 15.0 Å². The zero-order chi connectivity index (χ0) is 13.5. The highest BCUT2D eigenvalue weighted by molar-refractivity contribution is 5.73. The van der Waals surface area contributed by atoms with Gasteiger partial charge in [0, 0.05) is 18.6 Å². The highest BCUT2D eigenvalue weighted by atomic mass is 16.5. The van der Waals surface area contributed by atoms with Crippen LogP contribution in [0.5, 0.6) is 5.75 Å². The highest BCUT2D eigenvalue weighted by Crippen LogP contribution is 2.48. The van der Waals surface area contributed by atoms with E-state index < -0.39 is 5.97 Å². The molecule has 1 fully saturated rings. The summed E-state index contributed by atoms with van der Waals surface area (Å²) in [4.78, 5) is 11.6. The Labute approximate surface area is 112 Å². The van der Waals surface area contributed by atoms with Gasteiger partial charge in [-0.1, -0.05) is 6.07 Å². The maximum absolute atomic E-state index is 11.6. The number of hydrogen-bond donors (Lipinski definition) is 2. The summed E-state index contributed by atoms with van der Waals surface area (Å²) < 4.78 is 5.42. The van der Waals surface area contributed by atoms with Gasteiger partial charge in [0.2, 0.25) is 0 Å². The maximum atomic E-state index is 11.6. The van der Waals surface area contributed by atoms with Gasteiger partial charge in [0.15, 0.2) is 0 Å². The molecule has 19 heavy (non-hydrogen) atoms. The van der Waals surface area contributed by atoms with Crippen molar-refractivity contribution in [3.05, 3.63) is 29.3 Å². The van der Waals surface area contributed by atoms with E-state index in [1.54, 1.807) is 12.1 Å². The van der Waals surface area contributed by atoms with Crippen molar-refractivity contribution in [1.82, 2.24) is 0 Å². The third-order valence-corrected chi connectivity index (χ3v) is 4.68. The molecule has 0 radical (unpaired) electrons. The molecule has 1 aromatic rings. The lowest BCUT2D eigenvalue weighted by Gasteiger charge is -2.46. The normalized spacial score (nSPS) is 24.9. The Morgan fingerprint density at radius 2 is 2.05 bits per heavy atom. The molecule has 0 aromatic heterocycles. The summed E-state index contributed by atoms with van der Waals surface area (Å²) in [6.07, 6.45) is 2.87. The first kappa shape index (κ1) is 12.5. The Kier molecular flexibility index (Phi) is 2.97. The van der Waals surface area contributed by atoms with Crippen LogP contribution in [0.4, 0.5) is 0 Å². The van der Waals surface area contributed by atoms with Gasteiger partial charge >= 0.3 is 5.97 Å². The minimum Gasteiger partial charge on any atom is -0.508 e. The molecule has 1 heterocycles. The van der Waals surface area contributed by atoms with Crippen molar-refractivity contribution in [1.29, 1.82) is 0 Å². The summed E-state index contributed by atoms with van der Waals surface area (Å²) in [5.74, 6) is -0.788. The van der Waals surface area contributed by atoms with Crippen LogP contribution >= 0.6 is 0 Å². The molecule has 0 bridgehead atoms. The van der Waals surface area contributed by atoms with E-state index in [0.29, 0.717) is 19.6 Å². The SMILES string of the molecule is O=C(O)C1CCc2cc(O)ccc2C12CCOCC2. The molecule has 3 rings (SSSR count). The molecule has 1 atom stereocenters. The van der Waals surface area contributed by atoms with Crippen LogP contribution in [0.15, 0.2) is 18.2 Å². The van der Waals surface area contributed by atoms with Crippen LogP contribution in [-0.4, -0.2) is 29.4 Å². The van der Waals surface area contributed by atoms with Gasteiger partial charge in [-0.15, -0.1) is 0 Å². The van der Waals surface area contributed by atoms with Crippen molar-refractivity contribution in [2.75, 3.05) is 13.2 Å². The largest absolute Gasteiger partial charge is 0.508 e. The molecule has 1 aliphatic carbocycles. The molecule has 2 aliphatic rings. The lowest BCUT2D eigenvalue weighted by atomic mass is 9.59. The second-order valence-corrected chi connectivity index (χ2v) is 5.54. The topological polar surface area (TPSA) is 66.8 Å². The maximum Gasteiger partial charge on any atom is 0.307 e. The second-order valence-electron chi connectivity index (χ2n) is 5.54. The summed E-state index contributed by atoms with van der Waals surface area (Å²) in [5.41, 5.74) is 1.89. The number of carbonyl (C=O) groups is 1. The van der Waals surface area contributed by atoms with Crippen LogP contribution in [0.25, 0.3) is 0 Å². The van der Waals surface area contributed by atoms with Crippen LogP contribution in [0, 0.1) is 5.92 Å². The average molecular weight is 262 g/mol. The monoisotopic (exact) mass is 262 g/mol. The predicted octanol–water partition coefficient (Wildman–Crippen LogP) is 2.09.